The Morgan fingerprint density at radius 3 is 2.27 bits per heavy atom. The van der Waals surface area contributed by atoms with Crippen LogP contribution < -0.4 is 14.8 Å². The van der Waals surface area contributed by atoms with Crippen LogP contribution in [0.3, 0.4) is 0 Å². The quantitative estimate of drug-likeness (QED) is 0.435. The molecule has 6 nitrogen and oxygen atoms in total. The van der Waals surface area contributed by atoms with E-state index in [1.165, 1.54) is 0 Å². The molecule has 0 aromatic heterocycles. The topological polar surface area (TPSA) is 67.9 Å². The van der Waals surface area contributed by atoms with Crippen molar-refractivity contribution < 1.29 is 19.1 Å². The monoisotopic (exact) mass is 494 g/mol. The predicted molar refractivity (Wildman–Crippen MR) is 132 cm³/mol. The lowest BCUT2D eigenvalue weighted by Gasteiger charge is -2.31. The fraction of sp³-hybridized carbons (Fsp3) is 0.440. The van der Waals surface area contributed by atoms with Crippen molar-refractivity contribution in [3.8, 4) is 11.5 Å². The molecular weight excluding hydrogens is 463 g/mol. The summed E-state index contributed by atoms with van der Waals surface area (Å²) in [5, 5.41) is 3.77. The van der Waals surface area contributed by atoms with E-state index in [-0.39, 0.29) is 24.8 Å². The molecule has 2 amide bonds. The van der Waals surface area contributed by atoms with Crippen molar-refractivity contribution in [3.63, 3.8) is 0 Å². The zero-order chi connectivity index (χ0) is 24.4. The predicted octanol–water partition coefficient (Wildman–Crippen LogP) is 5.28. The maximum atomic E-state index is 13.4. The van der Waals surface area contributed by atoms with Crippen molar-refractivity contribution in [2.24, 2.45) is 0 Å². The molecule has 33 heavy (non-hydrogen) atoms. The Kier molecular flexibility index (Phi) is 10.8. The number of ether oxygens (including phenoxy) is 2. The van der Waals surface area contributed by atoms with Gasteiger partial charge in [0, 0.05) is 19.5 Å². The summed E-state index contributed by atoms with van der Waals surface area (Å²) in [7, 11) is 3.16. The van der Waals surface area contributed by atoms with Gasteiger partial charge in [0.15, 0.2) is 11.5 Å². The molecule has 180 valence electrons. The van der Waals surface area contributed by atoms with Crippen molar-refractivity contribution in [1.29, 1.82) is 0 Å². The molecule has 0 saturated carbocycles. The molecule has 0 saturated heterocycles. The van der Waals surface area contributed by atoms with Crippen molar-refractivity contribution >= 4 is 35.0 Å². The molecule has 0 bridgehead atoms. The molecule has 1 N–H and O–H groups in total. The lowest BCUT2D eigenvalue weighted by molar-refractivity contribution is -0.141. The van der Waals surface area contributed by atoms with Gasteiger partial charge in [-0.15, -0.1) is 0 Å². The first-order valence-electron chi connectivity index (χ1n) is 11.1. The largest absolute Gasteiger partial charge is 0.493 e. The number of amides is 2. The van der Waals surface area contributed by atoms with E-state index in [2.05, 4.69) is 5.32 Å². The van der Waals surface area contributed by atoms with Gasteiger partial charge in [-0.25, -0.2) is 0 Å². The van der Waals surface area contributed by atoms with E-state index in [4.69, 9.17) is 32.7 Å². The van der Waals surface area contributed by atoms with Gasteiger partial charge in [-0.05, 0) is 54.7 Å². The minimum absolute atomic E-state index is 0.116. The molecule has 8 heteroatoms. The number of aryl methyl sites for hydroxylation is 1. The van der Waals surface area contributed by atoms with E-state index >= 15 is 0 Å². The smallest absolute Gasteiger partial charge is 0.242 e. The van der Waals surface area contributed by atoms with Crippen LogP contribution in [0.2, 0.25) is 10.0 Å². The summed E-state index contributed by atoms with van der Waals surface area (Å²) in [5.74, 6) is 0.973. The molecule has 0 spiro atoms. The minimum atomic E-state index is -0.580. The standard InChI is InChI=1S/C25H32Cl2N2O4/c1-5-13-28-25(31)21(6-2)29(16-18-7-10-19(26)20(27)14-18)24(30)12-9-17-8-11-22(32-3)23(15-17)33-4/h7-8,10-11,14-15,21H,5-6,9,12-13,16H2,1-4H3,(H,28,31)/t21-/m0/s1. The second-order valence-electron chi connectivity index (χ2n) is 7.67. The van der Waals surface area contributed by atoms with Gasteiger partial charge in [0.1, 0.15) is 6.04 Å². The zero-order valence-corrected chi connectivity index (χ0v) is 21.1. The van der Waals surface area contributed by atoms with Crippen LogP contribution in [0.1, 0.15) is 44.2 Å². The van der Waals surface area contributed by atoms with Gasteiger partial charge in [0.05, 0.1) is 24.3 Å². The van der Waals surface area contributed by atoms with E-state index in [1.54, 1.807) is 31.3 Å². The van der Waals surface area contributed by atoms with Crippen molar-refractivity contribution in [2.75, 3.05) is 20.8 Å². The minimum Gasteiger partial charge on any atom is -0.493 e. The van der Waals surface area contributed by atoms with Gasteiger partial charge in [-0.2, -0.15) is 0 Å². The molecule has 0 aliphatic carbocycles. The third-order valence-corrected chi connectivity index (χ3v) is 6.09. The average molecular weight is 495 g/mol. The molecule has 2 rings (SSSR count). The van der Waals surface area contributed by atoms with E-state index in [0.29, 0.717) is 40.9 Å². The molecular formula is C25H32Cl2N2O4. The third kappa shape index (κ3) is 7.54. The highest BCUT2D eigenvalue weighted by Crippen LogP contribution is 2.28. The van der Waals surface area contributed by atoms with Crippen LogP contribution in [-0.4, -0.2) is 43.5 Å². The molecule has 0 fully saturated rings. The molecule has 2 aromatic rings. The molecule has 1 atom stereocenters. The normalized spacial score (nSPS) is 11.6. The summed E-state index contributed by atoms with van der Waals surface area (Å²) in [4.78, 5) is 27.8. The van der Waals surface area contributed by atoms with Crippen LogP contribution >= 0.6 is 23.2 Å². The highest BCUT2D eigenvalue weighted by Gasteiger charge is 2.28. The van der Waals surface area contributed by atoms with Crippen LogP contribution in [0.4, 0.5) is 0 Å². The zero-order valence-electron chi connectivity index (χ0n) is 19.6. The van der Waals surface area contributed by atoms with Crippen LogP contribution in [0.5, 0.6) is 11.5 Å². The highest BCUT2D eigenvalue weighted by molar-refractivity contribution is 6.42. The summed E-state index contributed by atoms with van der Waals surface area (Å²) in [6.07, 6.45) is 2.07. The first-order chi connectivity index (χ1) is 15.8. The fourth-order valence-corrected chi connectivity index (χ4v) is 3.87. The van der Waals surface area contributed by atoms with Crippen LogP contribution in [0.15, 0.2) is 36.4 Å². The first-order valence-corrected chi connectivity index (χ1v) is 11.8. The lowest BCUT2D eigenvalue weighted by Crippen LogP contribution is -2.49. The second-order valence-corrected chi connectivity index (χ2v) is 8.49. The Morgan fingerprint density at radius 1 is 0.970 bits per heavy atom. The lowest BCUT2D eigenvalue weighted by atomic mass is 10.1. The SMILES string of the molecule is CCCNC(=O)[C@H](CC)N(Cc1ccc(Cl)c(Cl)c1)C(=O)CCc1ccc(OC)c(OC)c1. The van der Waals surface area contributed by atoms with Gasteiger partial charge < -0.3 is 19.7 Å². The van der Waals surface area contributed by atoms with Crippen molar-refractivity contribution in [2.45, 2.75) is 52.1 Å². The summed E-state index contributed by atoms with van der Waals surface area (Å²) < 4.78 is 10.6. The van der Waals surface area contributed by atoms with E-state index in [1.807, 2.05) is 38.1 Å². The van der Waals surface area contributed by atoms with Crippen LogP contribution in [0, 0.1) is 0 Å². The van der Waals surface area contributed by atoms with E-state index in [0.717, 1.165) is 17.5 Å². The van der Waals surface area contributed by atoms with Gasteiger partial charge in [-0.3, -0.25) is 9.59 Å². The second kappa shape index (κ2) is 13.3. The number of nitrogens with one attached hydrogen (secondary N) is 1. The molecule has 0 aliphatic rings. The molecule has 0 radical (unpaired) electrons. The number of hydrogen-bond donors (Lipinski definition) is 1. The van der Waals surface area contributed by atoms with Gasteiger partial charge >= 0.3 is 0 Å². The highest BCUT2D eigenvalue weighted by atomic mass is 35.5. The number of carbonyl (C=O) groups is 2. The molecule has 2 aromatic carbocycles. The van der Waals surface area contributed by atoms with Crippen molar-refractivity contribution in [1.82, 2.24) is 10.2 Å². The maximum Gasteiger partial charge on any atom is 0.242 e. The molecule has 0 aliphatic heterocycles. The Labute approximate surface area is 206 Å². The Hall–Kier alpha value is -2.44. The van der Waals surface area contributed by atoms with Crippen LogP contribution in [0.25, 0.3) is 0 Å². The number of nitrogens with zero attached hydrogens (tertiary/aromatic N) is 1. The summed E-state index contributed by atoms with van der Waals surface area (Å²) in [5.41, 5.74) is 1.75. The third-order valence-electron chi connectivity index (χ3n) is 5.35. The van der Waals surface area contributed by atoms with Crippen LogP contribution in [-0.2, 0) is 22.6 Å². The number of benzene rings is 2. The summed E-state index contributed by atoms with van der Waals surface area (Å²) in [6.45, 7) is 4.72. The Morgan fingerprint density at radius 2 is 1.67 bits per heavy atom. The Bertz CT molecular complexity index is 952. The Balaban J connectivity index is 2.24. The number of methoxy groups -OCH3 is 2. The molecule has 0 heterocycles. The van der Waals surface area contributed by atoms with Gasteiger partial charge in [-0.1, -0.05) is 49.2 Å². The maximum absolute atomic E-state index is 13.4. The van der Waals surface area contributed by atoms with E-state index < -0.39 is 6.04 Å². The first kappa shape index (κ1) is 26.8. The number of halogens is 2. The number of hydrogen-bond acceptors (Lipinski definition) is 4. The summed E-state index contributed by atoms with van der Waals surface area (Å²) >= 11 is 12.2. The fourth-order valence-electron chi connectivity index (χ4n) is 3.55. The number of carbonyl (C=O) groups excluding carboxylic acids is 2. The van der Waals surface area contributed by atoms with Gasteiger partial charge in [0.25, 0.3) is 0 Å². The van der Waals surface area contributed by atoms with E-state index in [9.17, 15) is 9.59 Å². The number of rotatable bonds is 12. The van der Waals surface area contributed by atoms with Gasteiger partial charge in [0.2, 0.25) is 11.8 Å². The van der Waals surface area contributed by atoms with Crippen molar-refractivity contribution in [3.05, 3.63) is 57.6 Å². The summed E-state index contributed by atoms with van der Waals surface area (Å²) in [6, 6.07) is 10.3. The molecule has 0 unspecified atom stereocenters. The average Bonchev–Trinajstić information content (AvgIpc) is 2.82.